The van der Waals surface area contributed by atoms with Crippen molar-refractivity contribution in [1.29, 1.82) is 0 Å². The molecule has 0 radical (unpaired) electrons. The van der Waals surface area contributed by atoms with Crippen LogP contribution in [0, 0.1) is 0 Å². The lowest BCUT2D eigenvalue weighted by atomic mass is 9.60. The Morgan fingerprint density at radius 2 is 1.93 bits per heavy atom. The Bertz CT molecular complexity index is 808. The minimum absolute atomic E-state index is 0.0120. The number of amides is 2. The number of carbonyl (C=O) groups excluding carboxylic acids is 1. The molecule has 2 N–H and O–H groups in total. The standard InChI is InChI=1S/C21H27N5O2/c1-15(2)24-20(28)25-12-21(13-25)19(17-6-4-3-5-7-17)18(11-27)26(21)10-16-8-22-14-23-9-16/h3-9,14-15,18-19,27H,10-13H2,1-2H3,(H,24,28)/t18-,19+/m0/s1. The van der Waals surface area contributed by atoms with E-state index < -0.39 is 0 Å². The first kappa shape index (κ1) is 18.8. The van der Waals surface area contributed by atoms with Crippen LogP contribution in [0.4, 0.5) is 4.79 Å². The fourth-order valence-corrected chi connectivity index (χ4v) is 4.72. The molecule has 4 rings (SSSR count). The number of hydrogen-bond donors (Lipinski definition) is 2. The summed E-state index contributed by atoms with van der Waals surface area (Å²) in [5.74, 6) is 0.187. The van der Waals surface area contributed by atoms with E-state index in [1.165, 1.54) is 11.9 Å². The summed E-state index contributed by atoms with van der Waals surface area (Å²) < 4.78 is 0. The molecule has 148 valence electrons. The van der Waals surface area contributed by atoms with E-state index in [1.807, 2.05) is 49.3 Å². The van der Waals surface area contributed by atoms with Gasteiger partial charge in [-0.25, -0.2) is 14.8 Å². The lowest BCUT2D eigenvalue weighted by Crippen LogP contribution is -2.85. The van der Waals surface area contributed by atoms with Gasteiger partial charge in [-0.2, -0.15) is 0 Å². The fraction of sp³-hybridized carbons (Fsp3) is 0.476. The van der Waals surface area contributed by atoms with Crippen molar-refractivity contribution in [2.45, 2.75) is 43.9 Å². The third-order valence-corrected chi connectivity index (χ3v) is 5.88. The van der Waals surface area contributed by atoms with Crippen molar-refractivity contribution in [3.63, 3.8) is 0 Å². The van der Waals surface area contributed by atoms with E-state index >= 15 is 0 Å². The summed E-state index contributed by atoms with van der Waals surface area (Å²) in [6, 6.07) is 10.4. The van der Waals surface area contributed by atoms with Crippen molar-refractivity contribution in [2.75, 3.05) is 19.7 Å². The highest BCUT2D eigenvalue weighted by atomic mass is 16.3. The van der Waals surface area contributed by atoms with Gasteiger partial charge >= 0.3 is 6.03 Å². The maximum atomic E-state index is 12.4. The van der Waals surface area contributed by atoms with Crippen LogP contribution in [0.2, 0.25) is 0 Å². The van der Waals surface area contributed by atoms with Gasteiger partial charge in [0.25, 0.3) is 0 Å². The Labute approximate surface area is 165 Å². The van der Waals surface area contributed by atoms with E-state index in [2.05, 4.69) is 32.3 Å². The molecule has 7 heteroatoms. The molecule has 2 saturated heterocycles. The maximum Gasteiger partial charge on any atom is 0.317 e. The van der Waals surface area contributed by atoms with Gasteiger partial charge in [-0.3, -0.25) is 4.90 Å². The third kappa shape index (κ3) is 3.14. The van der Waals surface area contributed by atoms with Crippen molar-refractivity contribution in [1.82, 2.24) is 25.1 Å². The Kier molecular flexibility index (Phi) is 5.03. The van der Waals surface area contributed by atoms with Crippen molar-refractivity contribution >= 4 is 6.03 Å². The first-order valence-electron chi connectivity index (χ1n) is 9.77. The topological polar surface area (TPSA) is 81.6 Å². The van der Waals surface area contributed by atoms with E-state index in [9.17, 15) is 9.90 Å². The Hall–Kier alpha value is -2.51. The second-order valence-corrected chi connectivity index (χ2v) is 8.08. The Morgan fingerprint density at radius 3 is 2.54 bits per heavy atom. The van der Waals surface area contributed by atoms with Gasteiger partial charge in [0, 0.05) is 55.6 Å². The molecule has 2 aromatic rings. The second kappa shape index (κ2) is 7.48. The fourth-order valence-electron chi connectivity index (χ4n) is 4.72. The van der Waals surface area contributed by atoms with Crippen molar-refractivity contribution in [3.05, 3.63) is 60.2 Å². The zero-order valence-electron chi connectivity index (χ0n) is 16.3. The molecular formula is C21H27N5O2. The van der Waals surface area contributed by atoms with Crippen LogP contribution in [0.15, 0.2) is 49.1 Å². The average Bonchev–Trinajstić information content (AvgIpc) is 2.65. The van der Waals surface area contributed by atoms with Crippen LogP contribution in [-0.2, 0) is 6.54 Å². The lowest BCUT2D eigenvalue weighted by Gasteiger charge is -2.70. The molecule has 2 atom stereocenters. The van der Waals surface area contributed by atoms with Gasteiger partial charge in [0.15, 0.2) is 0 Å². The maximum absolute atomic E-state index is 12.4. The van der Waals surface area contributed by atoms with E-state index in [0.717, 1.165) is 5.56 Å². The van der Waals surface area contributed by atoms with Crippen molar-refractivity contribution in [2.24, 2.45) is 0 Å². The molecule has 2 aliphatic heterocycles. The molecule has 1 aromatic heterocycles. The van der Waals surface area contributed by atoms with Gasteiger partial charge in [0.1, 0.15) is 6.33 Å². The number of nitrogens with one attached hydrogen (secondary N) is 1. The summed E-state index contributed by atoms with van der Waals surface area (Å²) in [5, 5.41) is 13.1. The first-order valence-corrected chi connectivity index (χ1v) is 9.77. The van der Waals surface area contributed by atoms with Crippen LogP contribution in [0.5, 0.6) is 0 Å². The predicted octanol–water partition coefficient (Wildman–Crippen LogP) is 1.61. The number of hydrogen-bond acceptors (Lipinski definition) is 5. The Morgan fingerprint density at radius 1 is 1.25 bits per heavy atom. The monoisotopic (exact) mass is 381 g/mol. The number of aromatic nitrogens is 2. The molecule has 1 spiro atoms. The Balaban J connectivity index is 1.59. The number of aliphatic hydroxyl groups excluding tert-OH is 1. The number of likely N-dealkylation sites (tertiary alicyclic amines) is 2. The van der Waals surface area contributed by atoms with Crippen molar-refractivity contribution < 1.29 is 9.90 Å². The van der Waals surface area contributed by atoms with Crippen LogP contribution < -0.4 is 5.32 Å². The predicted molar refractivity (Wildman–Crippen MR) is 106 cm³/mol. The van der Waals surface area contributed by atoms with Gasteiger partial charge in [0.2, 0.25) is 0 Å². The zero-order chi connectivity index (χ0) is 19.7. The number of carbonyl (C=O) groups is 1. The number of urea groups is 1. The molecule has 1 aromatic carbocycles. The summed E-state index contributed by atoms with van der Waals surface area (Å²) >= 11 is 0. The normalized spacial score (nSPS) is 23.4. The summed E-state index contributed by atoms with van der Waals surface area (Å²) in [6.07, 6.45) is 5.15. The summed E-state index contributed by atoms with van der Waals surface area (Å²) in [6.45, 7) is 5.97. The minimum Gasteiger partial charge on any atom is -0.395 e. The molecule has 2 fully saturated rings. The molecule has 0 saturated carbocycles. The third-order valence-electron chi connectivity index (χ3n) is 5.88. The molecule has 0 bridgehead atoms. The number of aliphatic hydroxyl groups is 1. The van der Waals surface area contributed by atoms with Gasteiger partial charge in [0.05, 0.1) is 12.1 Å². The second-order valence-electron chi connectivity index (χ2n) is 8.08. The van der Waals surface area contributed by atoms with Gasteiger partial charge in [-0.15, -0.1) is 0 Å². The van der Waals surface area contributed by atoms with Crippen LogP contribution in [0.25, 0.3) is 0 Å². The molecule has 2 amide bonds. The lowest BCUT2D eigenvalue weighted by molar-refractivity contribution is -0.183. The molecular weight excluding hydrogens is 354 g/mol. The first-order chi connectivity index (χ1) is 13.5. The summed E-state index contributed by atoms with van der Waals surface area (Å²) in [5.41, 5.74) is 2.06. The van der Waals surface area contributed by atoms with Crippen LogP contribution >= 0.6 is 0 Å². The molecule has 28 heavy (non-hydrogen) atoms. The highest BCUT2D eigenvalue weighted by Crippen LogP contribution is 2.54. The van der Waals surface area contributed by atoms with Crippen LogP contribution in [-0.4, -0.2) is 68.2 Å². The van der Waals surface area contributed by atoms with Gasteiger partial charge in [-0.05, 0) is 19.4 Å². The van der Waals surface area contributed by atoms with Crippen molar-refractivity contribution in [3.8, 4) is 0 Å². The molecule has 3 heterocycles. The highest BCUT2D eigenvalue weighted by Gasteiger charge is 2.66. The van der Waals surface area contributed by atoms with Crippen LogP contribution in [0.1, 0.15) is 30.9 Å². The van der Waals surface area contributed by atoms with E-state index in [-0.39, 0.29) is 36.2 Å². The molecule has 0 aliphatic carbocycles. The highest BCUT2D eigenvalue weighted by molar-refractivity contribution is 5.76. The smallest absolute Gasteiger partial charge is 0.317 e. The van der Waals surface area contributed by atoms with Crippen LogP contribution in [0.3, 0.4) is 0 Å². The van der Waals surface area contributed by atoms with Gasteiger partial charge in [-0.1, -0.05) is 30.3 Å². The SMILES string of the molecule is CC(C)NC(=O)N1CC2(C1)[C@H](c1ccccc1)[C@H](CO)N2Cc1cncnc1. The summed E-state index contributed by atoms with van der Waals surface area (Å²) in [4.78, 5) is 24.9. The number of benzene rings is 1. The number of rotatable bonds is 5. The largest absolute Gasteiger partial charge is 0.395 e. The zero-order valence-corrected chi connectivity index (χ0v) is 16.3. The minimum atomic E-state index is -0.168. The summed E-state index contributed by atoms with van der Waals surface area (Å²) in [7, 11) is 0. The molecule has 7 nitrogen and oxygen atoms in total. The number of nitrogens with zero attached hydrogens (tertiary/aromatic N) is 4. The average molecular weight is 381 g/mol. The van der Waals surface area contributed by atoms with Gasteiger partial charge < -0.3 is 15.3 Å². The van der Waals surface area contributed by atoms with E-state index in [0.29, 0.717) is 19.6 Å². The van der Waals surface area contributed by atoms with E-state index in [4.69, 9.17) is 0 Å². The molecule has 0 unspecified atom stereocenters. The molecule has 2 aliphatic rings. The van der Waals surface area contributed by atoms with E-state index in [1.54, 1.807) is 0 Å². The quantitative estimate of drug-likeness (QED) is 0.822.